The molecular formula is C15H20FN. The molecule has 2 bridgehead atoms. The lowest BCUT2D eigenvalue weighted by atomic mass is 9.89. The molecule has 2 fully saturated rings. The predicted octanol–water partition coefficient (Wildman–Crippen LogP) is 3.35. The van der Waals surface area contributed by atoms with Crippen LogP contribution in [0.2, 0.25) is 0 Å². The molecule has 2 aliphatic rings. The van der Waals surface area contributed by atoms with Crippen molar-refractivity contribution >= 4 is 0 Å². The molecule has 3 atom stereocenters. The minimum Gasteiger partial charge on any atom is -0.312 e. The molecule has 1 nitrogen and oxygen atoms in total. The molecule has 2 heteroatoms. The zero-order chi connectivity index (χ0) is 11.7. The van der Waals surface area contributed by atoms with Gasteiger partial charge in [0.1, 0.15) is 5.82 Å². The van der Waals surface area contributed by atoms with Crippen LogP contribution in [0.3, 0.4) is 0 Å². The Kier molecular flexibility index (Phi) is 3.15. The maximum atomic E-state index is 13.4. The summed E-state index contributed by atoms with van der Waals surface area (Å²) in [4.78, 5) is 0. The van der Waals surface area contributed by atoms with Gasteiger partial charge in [-0.3, -0.25) is 0 Å². The van der Waals surface area contributed by atoms with Crippen molar-refractivity contribution in [2.45, 2.75) is 32.2 Å². The highest BCUT2D eigenvalue weighted by atomic mass is 19.1. The summed E-state index contributed by atoms with van der Waals surface area (Å²) >= 11 is 0. The van der Waals surface area contributed by atoms with E-state index in [0.29, 0.717) is 6.54 Å². The van der Waals surface area contributed by atoms with Gasteiger partial charge in [-0.15, -0.1) is 0 Å². The molecule has 3 rings (SSSR count). The summed E-state index contributed by atoms with van der Waals surface area (Å²) in [6.07, 6.45) is 5.73. The number of nitrogens with one attached hydrogen (secondary N) is 1. The normalized spacial score (nSPS) is 31.0. The first-order valence-electron chi connectivity index (χ1n) is 6.77. The lowest BCUT2D eigenvalue weighted by molar-refractivity contribution is 0.318. The Balaban J connectivity index is 1.48. The second-order valence-corrected chi connectivity index (χ2v) is 5.66. The first kappa shape index (κ1) is 11.2. The van der Waals surface area contributed by atoms with E-state index in [4.69, 9.17) is 0 Å². The summed E-state index contributed by atoms with van der Waals surface area (Å²) in [5.41, 5.74) is 0.788. The molecule has 1 aromatic carbocycles. The van der Waals surface area contributed by atoms with Crippen LogP contribution >= 0.6 is 0 Å². The van der Waals surface area contributed by atoms with Crippen LogP contribution in [0, 0.1) is 23.6 Å². The molecule has 3 unspecified atom stereocenters. The van der Waals surface area contributed by atoms with Crippen LogP contribution in [0.15, 0.2) is 24.3 Å². The summed E-state index contributed by atoms with van der Waals surface area (Å²) in [6.45, 7) is 1.73. The highest BCUT2D eigenvalue weighted by Gasteiger charge is 2.38. The second kappa shape index (κ2) is 4.77. The molecule has 2 aliphatic carbocycles. The maximum Gasteiger partial charge on any atom is 0.127 e. The third kappa shape index (κ3) is 2.37. The Labute approximate surface area is 102 Å². The van der Waals surface area contributed by atoms with Gasteiger partial charge in [0.2, 0.25) is 0 Å². The molecule has 0 spiro atoms. The molecule has 0 aliphatic heterocycles. The van der Waals surface area contributed by atoms with Crippen molar-refractivity contribution in [2.24, 2.45) is 17.8 Å². The number of rotatable bonds is 4. The third-order valence-corrected chi connectivity index (χ3v) is 4.56. The highest BCUT2D eigenvalue weighted by molar-refractivity contribution is 5.16. The smallest absolute Gasteiger partial charge is 0.127 e. The van der Waals surface area contributed by atoms with Crippen molar-refractivity contribution in [1.29, 1.82) is 0 Å². The van der Waals surface area contributed by atoms with Crippen molar-refractivity contribution in [3.8, 4) is 0 Å². The van der Waals surface area contributed by atoms with Gasteiger partial charge in [-0.2, -0.15) is 0 Å². The number of benzene rings is 1. The van der Waals surface area contributed by atoms with Gasteiger partial charge in [-0.1, -0.05) is 24.6 Å². The topological polar surface area (TPSA) is 12.0 Å². The van der Waals surface area contributed by atoms with Gasteiger partial charge in [0.05, 0.1) is 0 Å². The fourth-order valence-corrected chi connectivity index (χ4v) is 3.66. The van der Waals surface area contributed by atoms with Gasteiger partial charge in [0.15, 0.2) is 0 Å². The largest absolute Gasteiger partial charge is 0.312 e. The van der Waals surface area contributed by atoms with E-state index in [9.17, 15) is 4.39 Å². The van der Waals surface area contributed by atoms with E-state index in [1.807, 2.05) is 12.1 Å². The van der Waals surface area contributed by atoms with Crippen molar-refractivity contribution in [2.75, 3.05) is 6.54 Å². The molecule has 17 heavy (non-hydrogen) atoms. The lowest BCUT2D eigenvalue weighted by Crippen LogP contribution is -2.26. The number of hydrogen-bond acceptors (Lipinski definition) is 1. The first-order chi connectivity index (χ1) is 8.33. The average molecular weight is 233 g/mol. The van der Waals surface area contributed by atoms with Crippen molar-refractivity contribution in [3.05, 3.63) is 35.6 Å². The molecule has 0 saturated heterocycles. The number of halogens is 1. The van der Waals surface area contributed by atoms with Crippen molar-refractivity contribution < 1.29 is 4.39 Å². The van der Waals surface area contributed by atoms with Crippen LogP contribution in [0.1, 0.15) is 31.2 Å². The van der Waals surface area contributed by atoms with E-state index in [2.05, 4.69) is 5.32 Å². The first-order valence-corrected chi connectivity index (χ1v) is 6.77. The minimum absolute atomic E-state index is 0.0899. The Morgan fingerprint density at radius 1 is 1.18 bits per heavy atom. The number of fused-ring (bicyclic) bond motifs is 2. The lowest BCUT2D eigenvalue weighted by Gasteiger charge is -2.21. The number of hydrogen-bond donors (Lipinski definition) is 1. The molecule has 1 N–H and O–H groups in total. The standard InChI is InChI=1S/C15H20FN/c16-15-4-2-1-3-13(15)9-17-10-14-8-11-5-6-12(14)7-11/h1-4,11-12,14,17H,5-10H2. The average Bonchev–Trinajstić information content (AvgIpc) is 2.94. The van der Waals surface area contributed by atoms with Gasteiger partial charge in [0, 0.05) is 12.1 Å². The second-order valence-electron chi connectivity index (χ2n) is 5.66. The van der Waals surface area contributed by atoms with E-state index < -0.39 is 0 Å². The van der Waals surface area contributed by atoms with Crippen LogP contribution in [0.5, 0.6) is 0 Å². The molecule has 0 radical (unpaired) electrons. The summed E-state index contributed by atoms with van der Waals surface area (Å²) in [7, 11) is 0. The Hall–Kier alpha value is -0.890. The fourth-order valence-electron chi connectivity index (χ4n) is 3.66. The molecule has 2 saturated carbocycles. The Bertz CT molecular complexity index is 390. The molecule has 0 heterocycles. The predicted molar refractivity (Wildman–Crippen MR) is 67.0 cm³/mol. The molecule has 92 valence electrons. The maximum absolute atomic E-state index is 13.4. The van der Waals surface area contributed by atoms with Crippen LogP contribution < -0.4 is 5.32 Å². The Morgan fingerprint density at radius 2 is 2.06 bits per heavy atom. The van der Waals surface area contributed by atoms with Crippen LogP contribution in [0.25, 0.3) is 0 Å². The van der Waals surface area contributed by atoms with Crippen LogP contribution in [0.4, 0.5) is 4.39 Å². The van der Waals surface area contributed by atoms with Gasteiger partial charge < -0.3 is 5.32 Å². The SMILES string of the molecule is Fc1ccccc1CNCC1CC2CCC1C2. The summed E-state index contributed by atoms with van der Waals surface area (Å²) < 4.78 is 13.4. The van der Waals surface area contributed by atoms with Gasteiger partial charge in [-0.05, 0) is 49.6 Å². The zero-order valence-electron chi connectivity index (χ0n) is 10.2. The van der Waals surface area contributed by atoms with Crippen molar-refractivity contribution in [3.63, 3.8) is 0 Å². The third-order valence-electron chi connectivity index (χ3n) is 4.56. The van der Waals surface area contributed by atoms with Gasteiger partial charge in [0.25, 0.3) is 0 Å². The van der Waals surface area contributed by atoms with Crippen LogP contribution in [-0.2, 0) is 6.54 Å². The van der Waals surface area contributed by atoms with E-state index in [1.54, 1.807) is 6.07 Å². The minimum atomic E-state index is -0.0899. The summed E-state index contributed by atoms with van der Waals surface area (Å²) in [6, 6.07) is 7.05. The van der Waals surface area contributed by atoms with E-state index in [-0.39, 0.29) is 5.82 Å². The molecule has 0 amide bonds. The molecule has 1 aromatic rings. The summed E-state index contributed by atoms with van der Waals surface area (Å²) in [5, 5.41) is 3.43. The molecule has 0 aromatic heterocycles. The monoisotopic (exact) mass is 233 g/mol. The van der Waals surface area contributed by atoms with E-state index in [1.165, 1.54) is 31.7 Å². The highest BCUT2D eigenvalue weighted by Crippen LogP contribution is 2.47. The Morgan fingerprint density at radius 3 is 2.76 bits per heavy atom. The zero-order valence-corrected chi connectivity index (χ0v) is 10.2. The van der Waals surface area contributed by atoms with Gasteiger partial charge >= 0.3 is 0 Å². The summed E-state index contributed by atoms with van der Waals surface area (Å²) in [5.74, 6) is 2.71. The van der Waals surface area contributed by atoms with Gasteiger partial charge in [-0.25, -0.2) is 4.39 Å². The fraction of sp³-hybridized carbons (Fsp3) is 0.600. The van der Waals surface area contributed by atoms with Crippen molar-refractivity contribution in [1.82, 2.24) is 5.32 Å². The molecular weight excluding hydrogens is 213 g/mol. The van der Waals surface area contributed by atoms with E-state index >= 15 is 0 Å². The quantitative estimate of drug-likeness (QED) is 0.841. The van der Waals surface area contributed by atoms with Crippen LogP contribution in [-0.4, -0.2) is 6.54 Å². The van der Waals surface area contributed by atoms with E-state index in [0.717, 1.165) is 29.9 Å².